The summed E-state index contributed by atoms with van der Waals surface area (Å²) in [5, 5.41) is 1.76. The van der Waals surface area contributed by atoms with Gasteiger partial charge >= 0.3 is 0 Å². The molecule has 2 rings (SSSR count). The summed E-state index contributed by atoms with van der Waals surface area (Å²) in [6, 6.07) is 7.84. The molecule has 0 saturated heterocycles. The molecule has 0 radical (unpaired) electrons. The fourth-order valence-corrected chi connectivity index (χ4v) is 1.97. The number of aryl methyl sites for hydroxylation is 1. The molecular weight excluding hydrogens is 220 g/mol. The predicted octanol–water partition coefficient (Wildman–Crippen LogP) is 2.73. The zero-order chi connectivity index (χ0) is 11.5. The first-order valence-electron chi connectivity index (χ1n) is 4.91. The van der Waals surface area contributed by atoms with Crippen molar-refractivity contribution in [2.75, 3.05) is 11.9 Å². The number of aromatic nitrogens is 1. The molecule has 0 fully saturated rings. The summed E-state index contributed by atoms with van der Waals surface area (Å²) < 4.78 is 0. The fourth-order valence-electron chi connectivity index (χ4n) is 1.44. The number of hydrogen-bond donors (Lipinski definition) is 0. The Kier molecular flexibility index (Phi) is 3.01. The molecule has 1 amide bonds. The lowest BCUT2D eigenvalue weighted by Gasteiger charge is -2.16. The predicted molar refractivity (Wildman–Crippen MR) is 66.0 cm³/mol. The van der Waals surface area contributed by atoms with Gasteiger partial charge in [-0.1, -0.05) is 12.1 Å². The summed E-state index contributed by atoms with van der Waals surface area (Å²) in [5.41, 5.74) is 4.18. The Bertz CT molecular complexity index is 493. The van der Waals surface area contributed by atoms with Crippen molar-refractivity contribution in [2.24, 2.45) is 0 Å². The van der Waals surface area contributed by atoms with Crippen molar-refractivity contribution >= 4 is 22.9 Å². The van der Waals surface area contributed by atoms with Gasteiger partial charge in [-0.15, -0.1) is 11.3 Å². The van der Waals surface area contributed by atoms with Crippen LogP contribution in [0.2, 0.25) is 0 Å². The van der Waals surface area contributed by atoms with Crippen LogP contribution < -0.4 is 4.90 Å². The molecule has 0 aliphatic heterocycles. The molecule has 82 valence electrons. The highest BCUT2D eigenvalue weighted by Gasteiger charge is 2.14. The molecule has 1 heterocycles. The molecule has 1 aromatic carbocycles. The van der Waals surface area contributed by atoms with E-state index in [1.807, 2.05) is 31.2 Å². The van der Waals surface area contributed by atoms with E-state index in [1.54, 1.807) is 22.8 Å². The summed E-state index contributed by atoms with van der Waals surface area (Å²) in [6.07, 6.45) is 0. The van der Waals surface area contributed by atoms with E-state index in [1.165, 1.54) is 11.3 Å². The summed E-state index contributed by atoms with van der Waals surface area (Å²) in [5.74, 6) is -0.0770. The van der Waals surface area contributed by atoms with Gasteiger partial charge in [-0.05, 0) is 24.6 Å². The van der Waals surface area contributed by atoms with Crippen LogP contribution in [0.25, 0.3) is 0 Å². The Hall–Kier alpha value is -1.68. The smallest absolute Gasteiger partial charge is 0.277 e. The molecule has 1 aromatic heterocycles. The molecule has 3 nitrogen and oxygen atoms in total. The number of hydrogen-bond acceptors (Lipinski definition) is 3. The Balaban J connectivity index is 2.26. The van der Waals surface area contributed by atoms with E-state index in [0.717, 1.165) is 11.3 Å². The Morgan fingerprint density at radius 1 is 1.44 bits per heavy atom. The van der Waals surface area contributed by atoms with Crippen molar-refractivity contribution in [2.45, 2.75) is 6.92 Å². The largest absolute Gasteiger partial charge is 0.310 e. The van der Waals surface area contributed by atoms with E-state index in [0.29, 0.717) is 5.69 Å². The maximum atomic E-state index is 12.0. The number of anilines is 1. The third kappa shape index (κ3) is 2.12. The maximum absolute atomic E-state index is 12.0. The van der Waals surface area contributed by atoms with E-state index in [4.69, 9.17) is 0 Å². The van der Waals surface area contributed by atoms with Crippen molar-refractivity contribution < 1.29 is 4.79 Å². The third-order valence-electron chi connectivity index (χ3n) is 2.35. The lowest BCUT2D eigenvalue weighted by molar-refractivity contribution is 0.0989. The zero-order valence-electron chi connectivity index (χ0n) is 9.18. The minimum atomic E-state index is -0.0770. The van der Waals surface area contributed by atoms with Gasteiger partial charge in [0.15, 0.2) is 0 Å². The molecule has 0 saturated carbocycles. The molecule has 16 heavy (non-hydrogen) atoms. The van der Waals surface area contributed by atoms with Crippen LogP contribution in [0.1, 0.15) is 16.1 Å². The summed E-state index contributed by atoms with van der Waals surface area (Å²) in [4.78, 5) is 17.6. The monoisotopic (exact) mass is 232 g/mol. The second-order valence-corrected chi connectivity index (χ2v) is 4.30. The van der Waals surface area contributed by atoms with Crippen molar-refractivity contribution in [3.05, 3.63) is 46.4 Å². The van der Waals surface area contributed by atoms with Crippen LogP contribution in [0.5, 0.6) is 0 Å². The van der Waals surface area contributed by atoms with Crippen LogP contribution in [-0.2, 0) is 0 Å². The first kappa shape index (κ1) is 10.8. The number of nitrogens with zero attached hydrogens (tertiary/aromatic N) is 2. The van der Waals surface area contributed by atoms with Gasteiger partial charge in [-0.3, -0.25) is 4.79 Å². The summed E-state index contributed by atoms with van der Waals surface area (Å²) >= 11 is 1.43. The van der Waals surface area contributed by atoms with Gasteiger partial charge in [0.2, 0.25) is 0 Å². The summed E-state index contributed by atoms with van der Waals surface area (Å²) in [6.45, 7) is 2.00. The van der Waals surface area contributed by atoms with Crippen molar-refractivity contribution in [1.29, 1.82) is 0 Å². The average Bonchev–Trinajstić information content (AvgIpc) is 2.80. The number of thiazole rings is 1. The highest BCUT2D eigenvalue weighted by Crippen LogP contribution is 2.16. The van der Waals surface area contributed by atoms with Gasteiger partial charge in [0.05, 0.1) is 5.51 Å². The lowest BCUT2D eigenvalue weighted by atomic mass is 10.2. The fraction of sp³-hybridized carbons (Fsp3) is 0.167. The molecule has 0 unspecified atom stereocenters. The minimum Gasteiger partial charge on any atom is -0.310 e. The van der Waals surface area contributed by atoms with Gasteiger partial charge in [-0.2, -0.15) is 0 Å². The molecule has 4 heteroatoms. The second-order valence-electron chi connectivity index (χ2n) is 3.58. The SMILES string of the molecule is Cc1cccc(N(C)C(=O)c2cscn2)c1. The van der Waals surface area contributed by atoms with E-state index >= 15 is 0 Å². The first-order valence-corrected chi connectivity index (χ1v) is 5.85. The zero-order valence-corrected chi connectivity index (χ0v) is 9.99. The second kappa shape index (κ2) is 4.45. The van der Waals surface area contributed by atoms with Crippen molar-refractivity contribution in [3.8, 4) is 0 Å². The maximum Gasteiger partial charge on any atom is 0.277 e. The first-order chi connectivity index (χ1) is 7.68. The minimum absolute atomic E-state index is 0.0770. The Labute approximate surface area is 98.4 Å². The highest BCUT2D eigenvalue weighted by atomic mass is 32.1. The van der Waals surface area contributed by atoms with Gasteiger partial charge in [0.1, 0.15) is 5.69 Å². The molecule has 0 aliphatic rings. The van der Waals surface area contributed by atoms with Crippen LogP contribution in [0.4, 0.5) is 5.69 Å². The van der Waals surface area contributed by atoms with Crippen LogP contribution >= 0.6 is 11.3 Å². The van der Waals surface area contributed by atoms with Crippen LogP contribution in [0.3, 0.4) is 0 Å². The molecule has 0 atom stereocenters. The molecular formula is C12H12N2OS. The quantitative estimate of drug-likeness (QED) is 0.797. The number of carbonyl (C=O) groups is 1. The lowest BCUT2D eigenvalue weighted by Crippen LogP contribution is -2.26. The van der Waals surface area contributed by atoms with E-state index in [2.05, 4.69) is 4.98 Å². The molecule has 0 aliphatic carbocycles. The number of carbonyl (C=O) groups excluding carboxylic acids is 1. The van der Waals surface area contributed by atoms with E-state index < -0.39 is 0 Å². The number of benzene rings is 1. The molecule has 2 aromatic rings. The van der Waals surface area contributed by atoms with E-state index in [-0.39, 0.29) is 5.91 Å². The third-order valence-corrected chi connectivity index (χ3v) is 2.93. The topological polar surface area (TPSA) is 33.2 Å². The van der Waals surface area contributed by atoms with Crippen molar-refractivity contribution in [3.63, 3.8) is 0 Å². The van der Waals surface area contributed by atoms with Crippen LogP contribution in [0.15, 0.2) is 35.2 Å². The van der Waals surface area contributed by atoms with Gasteiger partial charge in [-0.25, -0.2) is 4.98 Å². The molecule has 0 N–H and O–H groups in total. The highest BCUT2D eigenvalue weighted by molar-refractivity contribution is 7.07. The van der Waals surface area contributed by atoms with Gasteiger partial charge in [0.25, 0.3) is 5.91 Å². The Morgan fingerprint density at radius 3 is 2.88 bits per heavy atom. The molecule has 0 spiro atoms. The summed E-state index contributed by atoms with van der Waals surface area (Å²) in [7, 11) is 1.76. The normalized spacial score (nSPS) is 10.1. The van der Waals surface area contributed by atoms with Crippen LogP contribution in [-0.4, -0.2) is 17.9 Å². The average molecular weight is 232 g/mol. The molecule has 0 bridgehead atoms. The Morgan fingerprint density at radius 2 is 2.25 bits per heavy atom. The number of rotatable bonds is 2. The van der Waals surface area contributed by atoms with Crippen molar-refractivity contribution in [1.82, 2.24) is 4.98 Å². The number of amides is 1. The van der Waals surface area contributed by atoms with Gasteiger partial charge in [0, 0.05) is 18.1 Å². The van der Waals surface area contributed by atoms with Crippen LogP contribution in [0, 0.1) is 6.92 Å². The standard InChI is InChI=1S/C12H12N2OS/c1-9-4-3-5-10(6-9)14(2)12(15)11-7-16-8-13-11/h3-8H,1-2H3. The van der Waals surface area contributed by atoms with E-state index in [9.17, 15) is 4.79 Å². The van der Waals surface area contributed by atoms with Gasteiger partial charge < -0.3 is 4.90 Å².